The van der Waals surface area contributed by atoms with Crippen molar-refractivity contribution in [3.8, 4) is 28.1 Å². The van der Waals surface area contributed by atoms with E-state index < -0.39 is 21.9 Å². The van der Waals surface area contributed by atoms with Gasteiger partial charge in [-0.3, -0.25) is 0 Å². The molecule has 1 heterocycles. The molecule has 3 aromatic carbocycles. The quantitative estimate of drug-likeness (QED) is 0.377. The molecule has 0 spiro atoms. The van der Waals surface area contributed by atoms with Crippen LogP contribution in [0.5, 0.6) is 0 Å². The van der Waals surface area contributed by atoms with Crippen molar-refractivity contribution in [2.75, 3.05) is 0 Å². The summed E-state index contributed by atoms with van der Waals surface area (Å²) in [5.41, 5.74) is 0.0977. The van der Waals surface area contributed by atoms with Crippen molar-refractivity contribution in [3.05, 3.63) is 89.0 Å². The number of para-hydroxylation sites is 1. The SMILES string of the molecule is NS(=O)(=O)c1ccc(-c2c(-c3ccc(Br)cc3)c(C(F)(F)F)nn2-c2ccccc2)cc1. The van der Waals surface area contributed by atoms with Gasteiger partial charge in [-0.1, -0.05) is 58.4 Å². The Hall–Kier alpha value is -2.95. The summed E-state index contributed by atoms with van der Waals surface area (Å²) in [6.07, 6.45) is -4.72. The predicted molar refractivity (Wildman–Crippen MR) is 119 cm³/mol. The van der Waals surface area contributed by atoms with Gasteiger partial charge in [0.25, 0.3) is 0 Å². The molecule has 0 saturated heterocycles. The molecule has 0 fully saturated rings. The lowest BCUT2D eigenvalue weighted by Gasteiger charge is -2.12. The fourth-order valence-corrected chi connectivity index (χ4v) is 4.11. The van der Waals surface area contributed by atoms with E-state index in [1.54, 1.807) is 54.6 Å². The Labute approximate surface area is 190 Å². The number of benzene rings is 3. The van der Waals surface area contributed by atoms with Crippen molar-refractivity contribution < 1.29 is 21.6 Å². The standard InChI is InChI=1S/C22H15BrF3N3O2S/c23-16-10-6-14(7-11-16)19-20(15-8-12-18(13-9-15)32(27,30)31)29(17-4-2-1-3-5-17)28-21(19)22(24,25)26/h1-13H,(H2,27,30,31). The molecular weight excluding hydrogens is 507 g/mol. The average molecular weight is 522 g/mol. The lowest BCUT2D eigenvalue weighted by atomic mass is 9.98. The van der Waals surface area contributed by atoms with Gasteiger partial charge in [-0.15, -0.1) is 0 Å². The van der Waals surface area contributed by atoms with Gasteiger partial charge in [0.1, 0.15) is 0 Å². The zero-order valence-electron chi connectivity index (χ0n) is 16.2. The third kappa shape index (κ3) is 4.34. The Morgan fingerprint density at radius 1 is 0.844 bits per heavy atom. The number of nitrogens with zero attached hydrogens (tertiary/aromatic N) is 2. The fraction of sp³-hybridized carbons (Fsp3) is 0.0455. The smallest absolute Gasteiger partial charge is 0.232 e. The van der Waals surface area contributed by atoms with Crippen LogP contribution < -0.4 is 5.14 Å². The Morgan fingerprint density at radius 3 is 1.94 bits per heavy atom. The largest absolute Gasteiger partial charge is 0.435 e. The minimum Gasteiger partial charge on any atom is -0.232 e. The molecule has 4 aromatic rings. The number of hydrogen-bond acceptors (Lipinski definition) is 3. The summed E-state index contributed by atoms with van der Waals surface area (Å²) in [7, 11) is -3.96. The summed E-state index contributed by atoms with van der Waals surface area (Å²) in [4.78, 5) is -0.145. The molecule has 32 heavy (non-hydrogen) atoms. The van der Waals surface area contributed by atoms with E-state index in [0.717, 1.165) is 0 Å². The summed E-state index contributed by atoms with van der Waals surface area (Å²) in [5, 5.41) is 9.10. The van der Waals surface area contributed by atoms with Crippen LogP contribution in [0.2, 0.25) is 0 Å². The molecule has 0 aliphatic rings. The van der Waals surface area contributed by atoms with Crippen LogP contribution in [0.4, 0.5) is 13.2 Å². The summed E-state index contributed by atoms with van der Waals surface area (Å²) in [6, 6.07) is 20.2. The molecule has 1 aromatic heterocycles. The Morgan fingerprint density at radius 2 is 1.41 bits per heavy atom. The van der Waals surface area contributed by atoms with E-state index in [1.165, 1.54) is 28.9 Å². The molecule has 2 N–H and O–H groups in total. The van der Waals surface area contributed by atoms with Crippen molar-refractivity contribution in [3.63, 3.8) is 0 Å². The maximum Gasteiger partial charge on any atom is 0.435 e. The van der Waals surface area contributed by atoms with Gasteiger partial charge < -0.3 is 0 Å². The summed E-state index contributed by atoms with van der Waals surface area (Å²) in [6.45, 7) is 0. The van der Waals surface area contributed by atoms with Gasteiger partial charge in [0.05, 0.1) is 16.3 Å². The highest BCUT2D eigenvalue weighted by atomic mass is 79.9. The van der Waals surface area contributed by atoms with Gasteiger partial charge >= 0.3 is 6.18 Å². The predicted octanol–water partition coefficient (Wildman–Crippen LogP) is 5.64. The lowest BCUT2D eigenvalue weighted by molar-refractivity contribution is -0.140. The van der Waals surface area contributed by atoms with Crippen molar-refractivity contribution in [2.45, 2.75) is 11.1 Å². The van der Waals surface area contributed by atoms with Crippen molar-refractivity contribution in [2.24, 2.45) is 5.14 Å². The van der Waals surface area contributed by atoms with Crippen molar-refractivity contribution in [1.29, 1.82) is 0 Å². The Bertz CT molecular complexity index is 1370. The highest BCUT2D eigenvalue weighted by molar-refractivity contribution is 9.10. The van der Waals surface area contributed by atoms with Gasteiger partial charge in [0.15, 0.2) is 5.69 Å². The monoisotopic (exact) mass is 521 g/mol. The molecule has 0 aliphatic heterocycles. The fourth-order valence-electron chi connectivity index (χ4n) is 3.33. The number of rotatable bonds is 4. The zero-order chi connectivity index (χ0) is 23.1. The number of primary sulfonamides is 1. The Kier molecular flexibility index (Phi) is 5.70. The molecule has 0 saturated carbocycles. The van der Waals surface area contributed by atoms with Crippen LogP contribution in [0.1, 0.15) is 5.69 Å². The first-order valence-electron chi connectivity index (χ1n) is 9.20. The van der Waals surface area contributed by atoms with Crippen LogP contribution in [0.25, 0.3) is 28.1 Å². The van der Waals surface area contributed by atoms with Crippen molar-refractivity contribution >= 4 is 26.0 Å². The minimum atomic E-state index is -4.72. The maximum atomic E-state index is 14.1. The first-order chi connectivity index (χ1) is 15.1. The molecular formula is C22H15BrF3N3O2S. The number of nitrogens with two attached hydrogens (primary N) is 1. The summed E-state index contributed by atoms with van der Waals surface area (Å²) < 4.78 is 67.4. The van der Waals surface area contributed by atoms with Crippen molar-refractivity contribution in [1.82, 2.24) is 9.78 Å². The van der Waals surface area contributed by atoms with Gasteiger partial charge in [-0.05, 0) is 42.0 Å². The topological polar surface area (TPSA) is 78.0 Å². The van der Waals surface area contributed by atoms with E-state index in [0.29, 0.717) is 21.3 Å². The normalized spacial score (nSPS) is 12.2. The van der Waals surface area contributed by atoms with Crippen LogP contribution in [-0.2, 0) is 16.2 Å². The molecule has 0 bridgehead atoms. The molecule has 10 heteroatoms. The van der Waals surface area contributed by atoms with E-state index >= 15 is 0 Å². The number of sulfonamides is 1. The second kappa shape index (κ2) is 8.19. The highest BCUT2D eigenvalue weighted by Crippen LogP contribution is 2.43. The molecule has 0 aliphatic carbocycles. The summed E-state index contributed by atoms with van der Waals surface area (Å²) >= 11 is 3.30. The van der Waals surface area contributed by atoms with Crippen LogP contribution in [-0.4, -0.2) is 18.2 Å². The van der Waals surface area contributed by atoms with Crippen LogP contribution in [0.3, 0.4) is 0 Å². The van der Waals surface area contributed by atoms with Crippen LogP contribution in [0, 0.1) is 0 Å². The number of alkyl halides is 3. The second-order valence-electron chi connectivity index (χ2n) is 6.89. The maximum absolute atomic E-state index is 14.1. The summed E-state index contributed by atoms with van der Waals surface area (Å²) in [5.74, 6) is 0. The molecule has 0 atom stereocenters. The lowest BCUT2D eigenvalue weighted by Crippen LogP contribution is -2.11. The van der Waals surface area contributed by atoms with Gasteiger partial charge in [0.2, 0.25) is 10.0 Å². The molecule has 164 valence electrons. The minimum absolute atomic E-state index is 0.114. The van der Waals surface area contributed by atoms with E-state index in [1.807, 2.05) is 0 Å². The zero-order valence-corrected chi connectivity index (χ0v) is 18.6. The highest BCUT2D eigenvalue weighted by Gasteiger charge is 2.40. The van der Waals surface area contributed by atoms with E-state index in [-0.39, 0.29) is 16.2 Å². The van der Waals surface area contributed by atoms with Crippen LogP contribution in [0.15, 0.2) is 88.2 Å². The van der Waals surface area contributed by atoms with Gasteiger partial charge in [-0.25, -0.2) is 18.2 Å². The number of hydrogen-bond donors (Lipinski definition) is 1. The molecule has 0 radical (unpaired) electrons. The third-order valence-electron chi connectivity index (χ3n) is 4.74. The van der Waals surface area contributed by atoms with Gasteiger partial charge in [0, 0.05) is 15.6 Å². The molecule has 0 unspecified atom stereocenters. The number of aromatic nitrogens is 2. The van der Waals surface area contributed by atoms with E-state index in [9.17, 15) is 21.6 Å². The second-order valence-corrected chi connectivity index (χ2v) is 9.37. The average Bonchev–Trinajstić information content (AvgIpc) is 3.15. The molecule has 0 amide bonds. The van der Waals surface area contributed by atoms with E-state index in [4.69, 9.17) is 5.14 Å². The molecule has 5 nitrogen and oxygen atoms in total. The van der Waals surface area contributed by atoms with Crippen LogP contribution >= 0.6 is 15.9 Å². The van der Waals surface area contributed by atoms with E-state index in [2.05, 4.69) is 21.0 Å². The first kappa shape index (κ1) is 22.3. The number of halogens is 4. The molecule has 4 rings (SSSR count). The first-order valence-corrected chi connectivity index (χ1v) is 11.5. The third-order valence-corrected chi connectivity index (χ3v) is 6.20. The Balaban J connectivity index is 2.07. The van der Waals surface area contributed by atoms with Gasteiger partial charge in [-0.2, -0.15) is 18.3 Å².